The van der Waals surface area contributed by atoms with E-state index in [1.54, 1.807) is 12.1 Å². The van der Waals surface area contributed by atoms with Gasteiger partial charge in [-0.1, -0.05) is 23.7 Å². The number of nitrogens with zero attached hydrogens (tertiary/aromatic N) is 3. The standard InChI is InChI=1S/C18H10ClF3N4O2/c19-12-5-7-13(8-6-12)26-16(18(20,21)22)15(10-24-26)28-17(27)25-14-4-2-1-3-11(14)9-23/h1-8,10H,(H,25,27). The highest BCUT2D eigenvalue weighted by Gasteiger charge is 2.40. The lowest BCUT2D eigenvalue weighted by Gasteiger charge is -2.13. The van der Waals surface area contributed by atoms with E-state index in [-0.39, 0.29) is 16.9 Å². The Morgan fingerprint density at radius 3 is 2.50 bits per heavy atom. The number of amides is 1. The summed E-state index contributed by atoms with van der Waals surface area (Å²) in [4.78, 5) is 12.1. The number of nitriles is 1. The maximum absolute atomic E-state index is 13.6. The third kappa shape index (κ3) is 4.07. The number of rotatable bonds is 3. The molecule has 3 rings (SSSR count). The molecule has 0 saturated carbocycles. The SMILES string of the molecule is N#Cc1ccccc1NC(=O)Oc1cnn(-c2ccc(Cl)cc2)c1C(F)(F)F. The summed E-state index contributed by atoms with van der Waals surface area (Å²) in [6.07, 6.45) is -5.26. The van der Waals surface area contributed by atoms with Crippen molar-refractivity contribution in [1.82, 2.24) is 9.78 Å². The zero-order valence-corrected chi connectivity index (χ0v) is 14.6. The number of halogens is 4. The van der Waals surface area contributed by atoms with Gasteiger partial charge in [-0.2, -0.15) is 23.5 Å². The van der Waals surface area contributed by atoms with E-state index in [9.17, 15) is 18.0 Å². The van der Waals surface area contributed by atoms with E-state index in [2.05, 4.69) is 10.4 Å². The minimum Gasteiger partial charge on any atom is -0.406 e. The molecule has 0 spiro atoms. The Morgan fingerprint density at radius 1 is 1.18 bits per heavy atom. The topological polar surface area (TPSA) is 79.9 Å². The summed E-state index contributed by atoms with van der Waals surface area (Å²) >= 11 is 5.75. The van der Waals surface area contributed by atoms with Crippen molar-refractivity contribution in [2.75, 3.05) is 5.32 Å². The van der Waals surface area contributed by atoms with Crippen molar-refractivity contribution in [1.29, 1.82) is 5.26 Å². The van der Waals surface area contributed by atoms with E-state index in [0.717, 1.165) is 6.20 Å². The second-order valence-corrected chi connectivity index (χ2v) is 5.85. The van der Waals surface area contributed by atoms with E-state index in [4.69, 9.17) is 21.6 Å². The second-order valence-electron chi connectivity index (χ2n) is 5.42. The highest BCUT2D eigenvalue weighted by molar-refractivity contribution is 6.30. The molecule has 2 aromatic carbocycles. The van der Waals surface area contributed by atoms with Gasteiger partial charge in [0.1, 0.15) is 6.07 Å². The molecule has 1 N–H and O–H groups in total. The van der Waals surface area contributed by atoms with Gasteiger partial charge in [-0.3, -0.25) is 5.32 Å². The molecule has 1 aromatic heterocycles. The Hall–Kier alpha value is -3.51. The van der Waals surface area contributed by atoms with Crippen molar-refractivity contribution in [3.05, 3.63) is 71.0 Å². The molecule has 0 unspecified atom stereocenters. The van der Waals surface area contributed by atoms with Crippen molar-refractivity contribution in [3.8, 4) is 17.5 Å². The van der Waals surface area contributed by atoms with E-state index in [1.165, 1.54) is 36.4 Å². The molecular formula is C18H10ClF3N4O2. The van der Waals surface area contributed by atoms with Crippen LogP contribution < -0.4 is 10.1 Å². The third-order valence-corrected chi connectivity index (χ3v) is 3.81. The first-order chi connectivity index (χ1) is 13.3. The molecule has 142 valence electrons. The molecule has 0 aliphatic carbocycles. The van der Waals surface area contributed by atoms with Crippen LogP contribution in [-0.2, 0) is 6.18 Å². The number of carbonyl (C=O) groups excluding carboxylic acids is 1. The quantitative estimate of drug-likeness (QED) is 0.661. The van der Waals surface area contributed by atoms with Crippen molar-refractivity contribution in [2.24, 2.45) is 0 Å². The Kier molecular flexibility index (Phi) is 5.24. The van der Waals surface area contributed by atoms with Crippen LogP contribution in [0.25, 0.3) is 5.69 Å². The van der Waals surface area contributed by atoms with Gasteiger partial charge in [0.15, 0.2) is 11.4 Å². The van der Waals surface area contributed by atoms with Crippen molar-refractivity contribution in [3.63, 3.8) is 0 Å². The van der Waals surface area contributed by atoms with Crippen LogP contribution in [0, 0.1) is 11.3 Å². The molecule has 1 amide bonds. The van der Waals surface area contributed by atoms with Gasteiger partial charge in [-0.05, 0) is 36.4 Å². The van der Waals surface area contributed by atoms with Crippen molar-refractivity contribution >= 4 is 23.4 Å². The molecule has 28 heavy (non-hydrogen) atoms. The molecule has 0 fully saturated rings. The maximum Gasteiger partial charge on any atom is 0.437 e. The fraction of sp³-hybridized carbons (Fsp3) is 0.0556. The van der Waals surface area contributed by atoms with E-state index >= 15 is 0 Å². The second kappa shape index (κ2) is 7.62. The molecule has 3 aromatic rings. The number of alkyl halides is 3. The molecule has 0 bridgehead atoms. The van der Waals surface area contributed by atoms with Gasteiger partial charge in [-0.25, -0.2) is 9.48 Å². The number of aromatic nitrogens is 2. The summed E-state index contributed by atoms with van der Waals surface area (Å²) in [5.41, 5.74) is -0.943. The molecule has 0 atom stereocenters. The van der Waals surface area contributed by atoms with E-state index in [0.29, 0.717) is 9.70 Å². The number of nitrogens with one attached hydrogen (secondary N) is 1. The van der Waals surface area contributed by atoms with Gasteiger partial charge >= 0.3 is 12.3 Å². The zero-order chi connectivity index (χ0) is 20.3. The average Bonchev–Trinajstić information content (AvgIpc) is 3.06. The Morgan fingerprint density at radius 2 is 1.86 bits per heavy atom. The first kappa shape index (κ1) is 19.3. The van der Waals surface area contributed by atoms with E-state index in [1.807, 2.05) is 6.07 Å². The highest BCUT2D eigenvalue weighted by Crippen LogP contribution is 2.37. The number of hydrogen-bond acceptors (Lipinski definition) is 4. The van der Waals surface area contributed by atoms with Gasteiger partial charge in [0.05, 0.1) is 23.1 Å². The normalized spacial score (nSPS) is 11.0. The van der Waals surface area contributed by atoms with Gasteiger partial charge in [-0.15, -0.1) is 0 Å². The maximum atomic E-state index is 13.6. The van der Waals surface area contributed by atoms with Gasteiger partial charge in [0.25, 0.3) is 0 Å². The van der Waals surface area contributed by atoms with Crippen LogP contribution in [-0.4, -0.2) is 15.9 Å². The Bertz CT molecular complexity index is 1060. The van der Waals surface area contributed by atoms with Gasteiger partial charge < -0.3 is 4.74 Å². The molecular weight excluding hydrogens is 397 g/mol. The summed E-state index contributed by atoms with van der Waals surface area (Å²) < 4.78 is 46.1. The zero-order valence-electron chi connectivity index (χ0n) is 13.9. The highest BCUT2D eigenvalue weighted by atomic mass is 35.5. The van der Waals surface area contributed by atoms with Crippen LogP contribution in [0.2, 0.25) is 5.02 Å². The monoisotopic (exact) mass is 406 g/mol. The third-order valence-electron chi connectivity index (χ3n) is 3.56. The first-order valence-electron chi connectivity index (χ1n) is 7.68. The minimum atomic E-state index is -4.85. The van der Waals surface area contributed by atoms with Gasteiger partial charge in [0.2, 0.25) is 0 Å². The fourth-order valence-corrected chi connectivity index (χ4v) is 2.50. The fourth-order valence-electron chi connectivity index (χ4n) is 2.37. The van der Waals surface area contributed by atoms with E-state index < -0.39 is 23.7 Å². The molecule has 10 heteroatoms. The summed E-state index contributed by atoms with van der Waals surface area (Å²) in [5.74, 6) is -0.783. The molecule has 0 radical (unpaired) electrons. The number of hydrogen-bond donors (Lipinski definition) is 1. The lowest BCUT2D eigenvalue weighted by Crippen LogP contribution is -2.20. The predicted octanol–water partition coefficient (Wildman–Crippen LogP) is 5.03. The van der Waals surface area contributed by atoms with Crippen LogP contribution >= 0.6 is 11.6 Å². The first-order valence-corrected chi connectivity index (χ1v) is 8.06. The van der Waals surface area contributed by atoms with Crippen molar-refractivity contribution < 1.29 is 22.7 Å². The van der Waals surface area contributed by atoms with Crippen LogP contribution in [0.1, 0.15) is 11.3 Å². The minimum absolute atomic E-state index is 0.0850. The number of anilines is 1. The predicted molar refractivity (Wildman–Crippen MR) is 94.4 cm³/mol. The number of para-hydroxylation sites is 1. The van der Waals surface area contributed by atoms with Crippen molar-refractivity contribution in [2.45, 2.75) is 6.18 Å². The molecule has 0 saturated heterocycles. The lowest BCUT2D eigenvalue weighted by molar-refractivity contribution is -0.143. The largest absolute Gasteiger partial charge is 0.437 e. The van der Waals surface area contributed by atoms with Gasteiger partial charge in [0, 0.05) is 5.02 Å². The number of ether oxygens (including phenoxy) is 1. The summed E-state index contributed by atoms with van der Waals surface area (Å²) in [6, 6.07) is 13.3. The molecule has 0 aliphatic rings. The molecule has 6 nitrogen and oxygen atoms in total. The van der Waals surface area contributed by atoms with Crippen LogP contribution in [0.15, 0.2) is 54.7 Å². The Balaban J connectivity index is 1.91. The smallest absolute Gasteiger partial charge is 0.406 e. The molecule has 0 aliphatic heterocycles. The number of benzene rings is 2. The lowest BCUT2D eigenvalue weighted by atomic mass is 10.2. The Labute approximate surface area is 161 Å². The molecule has 1 heterocycles. The van der Waals surface area contributed by atoms with Crippen LogP contribution in [0.4, 0.5) is 23.7 Å². The average molecular weight is 407 g/mol. The van der Waals surface area contributed by atoms with Crippen LogP contribution in [0.3, 0.4) is 0 Å². The summed E-state index contributed by atoms with van der Waals surface area (Å²) in [5, 5.41) is 15.3. The number of carbonyl (C=O) groups is 1. The van der Waals surface area contributed by atoms with Crippen LogP contribution in [0.5, 0.6) is 5.75 Å². The summed E-state index contributed by atoms with van der Waals surface area (Å²) in [6.45, 7) is 0. The summed E-state index contributed by atoms with van der Waals surface area (Å²) in [7, 11) is 0.